The first-order chi connectivity index (χ1) is 7.72. The van der Waals surface area contributed by atoms with E-state index in [-0.39, 0.29) is 11.7 Å². The fourth-order valence-corrected chi connectivity index (χ4v) is 2.66. The Hall–Kier alpha value is -0.450. The first-order valence-electron chi connectivity index (χ1n) is 5.40. The van der Waals surface area contributed by atoms with E-state index >= 15 is 0 Å². The lowest BCUT2D eigenvalue weighted by Crippen LogP contribution is -2.09. The molecule has 88 valence electrons. The summed E-state index contributed by atoms with van der Waals surface area (Å²) in [6.45, 7) is 2.35. The Bertz CT molecular complexity index is 378. The van der Waals surface area contributed by atoms with Crippen LogP contribution in [0, 0.1) is 5.82 Å². The third-order valence-corrected chi connectivity index (χ3v) is 3.50. The topological polar surface area (TPSA) is 21.3 Å². The summed E-state index contributed by atoms with van der Waals surface area (Å²) in [7, 11) is 1.65. The standard InChI is InChI=1S/C12H15BrFNO/c1-16-7-8-4-10(9-2-3-15-6-9)12(14)11(13)5-8/h4-5,9,15H,2-3,6-7H2,1H3. The van der Waals surface area contributed by atoms with Crippen LogP contribution in [0.5, 0.6) is 0 Å². The quantitative estimate of drug-likeness (QED) is 0.923. The molecule has 0 aliphatic carbocycles. The van der Waals surface area contributed by atoms with Crippen LogP contribution in [-0.2, 0) is 11.3 Å². The number of rotatable bonds is 3. The van der Waals surface area contributed by atoms with Crippen LogP contribution in [0.25, 0.3) is 0 Å². The van der Waals surface area contributed by atoms with Crippen LogP contribution in [-0.4, -0.2) is 20.2 Å². The SMILES string of the molecule is COCc1cc(Br)c(F)c(C2CCNC2)c1. The van der Waals surface area contributed by atoms with Crippen LogP contribution < -0.4 is 5.32 Å². The lowest BCUT2D eigenvalue weighted by Gasteiger charge is -2.13. The third-order valence-electron chi connectivity index (χ3n) is 2.93. The van der Waals surface area contributed by atoms with Gasteiger partial charge < -0.3 is 10.1 Å². The number of hydrogen-bond acceptors (Lipinski definition) is 2. The summed E-state index contributed by atoms with van der Waals surface area (Å²) in [5.74, 6) is 0.154. The van der Waals surface area contributed by atoms with E-state index in [9.17, 15) is 4.39 Å². The van der Waals surface area contributed by atoms with Crippen molar-refractivity contribution in [3.63, 3.8) is 0 Å². The molecule has 1 unspecified atom stereocenters. The van der Waals surface area contributed by atoms with Gasteiger partial charge in [-0.15, -0.1) is 0 Å². The summed E-state index contributed by atoms with van der Waals surface area (Å²) in [4.78, 5) is 0. The molecule has 0 saturated carbocycles. The predicted octanol–water partition coefficient (Wildman–Crippen LogP) is 2.81. The minimum absolute atomic E-state index is 0.131. The van der Waals surface area contributed by atoms with Crippen molar-refractivity contribution in [2.45, 2.75) is 18.9 Å². The average Bonchev–Trinajstić information content (AvgIpc) is 2.76. The van der Waals surface area contributed by atoms with E-state index in [0.717, 1.165) is 30.6 Å². The molecule has 1 fully saturated rings. The highest BCUT2D eigenvalue weighted by Gasteiger charge is 2.21. The monoisotopic (exact) mass is 287 g/mol. The minimum atomic E-state index is -0.131. The predicted molar refractivity (Wildman–Crippen MR) is 65.0 cm³/mol. The minimum Gasteiger partial charge on any atom is -0.380 e. The lowest BCUT2D eigenvalue weighted by molar-refractivity contribution is 0.184. The number of benzene rings is 1. The zero-order valence-corrected chi connectivity index (χ0v) is 10.8. The number of halogens is 2. The summed E-state index contributed by atoms with van der Waals surface area (Å²) in [5, 5.41) is 3.26. The van der Waals surface area contributed by atoms with E-state index in [4.69, 9.17) is 4.74 Å². The molecule has 2 nitrogen and oxygen atoms in total. The normalized spacial score (nSPS) is 20.3. The molecule has 0 spiro atoms. The van der Waals surface area contributed by atoms with Crippen molar-refractivity contribution >= 4 is 15.9 Å². The van der Waals surface area contributed by atoms with Crippen LogP contribution in [0.2, 0.25) is 0 Å². The van der Waals surface area contributed by atoms with Crippen LogP contribution in [0.4, 0.5) is 4.39 Å². The molecule has 1 atom stereocenters. The van der Waals surface area contributed by atoms with Gasteiger partial charge in [0.05, 0.1) is 11.1 Å². The average molecular weight is 288 g/mol. The smallest absolute Gasteiger partial charge is 0.140 e. The first-order valence-corrected chi connectivity index (χ1v) is 6.19. The van der Waals surface area contributed by atoms with E-state index in [1.165, 1.54) is 0 Å². The van der Waals surface area contributed by atoms with E-state index in [1.807, 2.05) is 6.07 Å². The van der Waals surface area contributed by atoms with Crippen molar-refractivity contribution in [2.75, 3.05) is 20.2 Å². The Balaban J connectivity index is 2.33. The maximum Gasteiger partial charge on any atom is 0.140 e. The van der Waals surface area contributed by atoms with Crippen molar-refractivity contribution in [3.8, 4) is 0 Å². The second-order valence-electron chi connectivity index (χ2n) is 4.10. The van der Waals surface area contributed by atoms with E-state index in [1.54, 1.807) is 13.2 Å². The van der Waals surface area contributed by atoms with E-state index in [2.05, 4.69) is 21.2 Å². The van der Waals surface area contributed by atoms with Gasteiger partial charge in [-0.05, 0) is 46.1 Å². The largest absolute Gasteiger partial charge is 0.380 e. The zero-order valence-electron chi connectivity index (χ0n) is 9.22. The van der Waals surface area contributed by atoms with Crippen molar-refractivity contribution in [3.05, 3.63) is 33.5 Å². The van der Waals surface area contributed by atoms with Crippen molar-refractivity contribution < 1.29 is 9.13 Å². The Morgan fingerprint density at radius 3 is 3.00 bits per heavy atom. The molecule has 0 bridgehead atoms. The van der Waals surface area contributed by atoms with Crippen molar-refractivity contribution in [1.82, 2.24) is 5.32 Å². The Morgan fingerprint density at radius 2 is 2.38 bits per heavy atom. The number of ether oxygens (including phenoxy) is 1. The lowest BCUT2D eigenvalue weighted by atomic mass is 9.96. The second-order valence-corrected chi connectivity index (χ2v) is 4.96. The summed E-state index contributed by atoms with van der Waals surface area (Å²) in [6.07, 6.45) is 1.000. The molecule has 0 radical (unpaired) electrons. The van der Waals surface area contributed by atoms with Crippen molar-refractivity contribution in [2.24, 2.45) is 0 Å². The molecule has 1 aromatic rings. The maximum atomic E-state index is 14.0. The van der Waals surface area contributed by atoms with Gasteiger partial charge in [-0.25, -0.2) is 4.39 Å². The Kier molecular flexibility index (Phi) is 3.95. The van der Waals surface area contributed by atoms with Gasteiger partial charge in [0.25, 0.3) is 0 Å². The van der Waals surface area contributed by atoms with Crippen LogP contribution in [0.15, 0.2) is 16.6 Å². The van der Waals surface area contributed by atoms with Gasteiger partial charge in [-0.3, -0.25) is 0 Å². The van der Waals surface area contributed by atoms with E-state index in [0.29, 0.717) is 11.1 Å². The molecule has 0 amide bonds. The highest BCUT2D eigenvalue weighted by atomic mass is 79.9. The molecule has 1 aliphatic heterocycles. The zero-order chi connectivity index (χ0) is 11.5. The molecule has 1 heterocycles. The van der Waals surface area contributed by atoms with Crippen LogP contribution in [0.1, 0.15) is 23.5 Å². The molecule has 2 rings (SSSR count). The maximum absolute atomic E-state index is 14.0. The van der Waals surface area contributed by atoms with Crippen molar-refractivity contribution in [1.29, 1.82) is 0 Å². The van der Waals surface area contributed by atoms with Gasteiger partial charge in [0.2, 0.25) is 0 Å². The molecule has 1 N–H and O–H groups in total. The Morgan fingerprint density at radius 1 is 1.56 bits per heavy atom. The van der Waals surface area contributed by atoms with Gasteiger partial charge in [-0.1, -0.05) is 6.07 Å². The molecule has 16 heavy (non-hydrogen) atoms. The highest BCUT2D eigenvalue weighted by Crippen LogP contribution is 2.30. The van der Waals surface area contributed by atoms with Crippen LogP contribution in [0.3, 0.4) is 0 Å². The molecule has 1 saturated heterocycles. The highest BCUT2D eigenvalue weighted by molar-refractivity contribution is 9.10. The number of hydrogen-bond donors (Lipinski definition) is 1. The molecular weight excluding hydrogens is 273 g/mol. The first kappa shape index (κ1) is 12.0. The van der Waals surface area contributed by atoms with Crippen LogP contribution >= 0.6 is 15.9 Å². The Labute approximate surface area is 103 Å². The van der Waals surface area contributed by atoms with Gasteiger partial charge in [0.1, 0.15) is 5.82 Å². The fraction of sp³-hybridized carbons (Fsp3) is 0.500. The van der Waals surface area contributed by atoms with Gasteiger partial charge in [0.15, 0.2) is 0 Å². The summed E-state index contributed by atoms with van der Waals surface area (Å²) < 4.78 is 19.6. The van der Waals surface area contributed by atoms with Gasteiger partial charge in [-0.2, -0.15) is 0 Å². The molecule has 0 aromatic heterocycles. The second kappa shape index (κ2) is 5.25. The molecule has 1 aromatic carbocycles. The van der Waals surface area contributed by atoms with Gasteiger partial charge in [0, 0.05) is 19.6 Å². The summed E-state index contributed by atoms with van der Waals surface area (Å²) in [6, 6.07) is 3.70. The summed E-state index contributed by atoms with van der Waals surface area (Å²) in [5.41, 5.74) is 1.81. The molecule has 4 heteroatoms. The van der Waals surface area contributed by atoms with Gasteiger partial charge >= 0.3 is 0 Å². The fourth-order valence-electron chi connectivity index (χ4n) is 2.14. The summed E-state index contributed by atoms with van der Waals surface area (Å²) >= 11 is 3.26. The third kappa shape index (κ3) is 2.44. The molecule has 1 aliphatic rings. The molecular formula is C12H15BrFNO. The van der Waals surface area contributed by atoms with E-state index < -0.39 is 0 Å². The number of methoxy groups -OCH3 is 1. The number of nitrogens with one attached hydrogen (secondary N) is 1.